The van der Waals surface area contributed by atoms with Gasteiger partial charge in [0.1, 0.15) is 0 Å². The Morgan fingerprint density at radius 3 is 2.67 bits per heavy atom. The molecular weight excluding hydrogens is 304 g/mol. The molecule has 116 valence electrons. The summed E-state index contributed by atoms with van der Waals surface area (Å²) in [4.78, 5) is 2.05. The second-order valence-corrected chi connectivity index (χ2v) is 8.02. The number of unbranched alkanes of at least 4 members (excludes halogenated alkanes) is 1. The SMILES string of the molecule is CCCCN(C(=S)Nc1ccccc1)[C@H]1CCS(=O)(=O)C1. The number of anilines is 1. The van der Waals surface area contributed by atoms with E-state index in [9.17, 15) is 8.42 Å². The predicted octanol–water partition coefficient (Wildman–Crippen LogP) is 2.67. The molecule has 0 radical (unpaired) electrons. The molecule has 1 atom stereocenters. The number of benzene rings is 1. The Kier molecular flexibility index (Phi) is 5.58. The molecule has 1 aliphatic heterocycles. The summed E-state index contributed by atoms with van der Waals surface area (Å²) >= 11 is 5.50. The van der Waals surface area contributed by atoms with Crippen LogP contribution in [0.3, 0.4) is 0 Å². The molecule has 0 aliphatic carbocycles. The van der Waals surface area contributed by atoms with Gasteiger partial charge in [-0.25, -0.2) is 8.42 Å². The number of rotatable bonds is 5. The van der Waals surface area contributed by atoms with Gasteiger partial charge in [-0.05, 0) is 37.2 Å². The summed E-state index contributed by atoms with van der Waals surface area (Å²) in [6.45, 7) is 2.92. The fourth-order valence-electron chi connectivity index (χ4n) is 2.52. The summed E-state index contributed by atoms with van der Waals surface area (Å²) < 4.78 is 23.4. The van der Waals surface area contributed by atoms with Crippen molar-refractivity contribution in [1.82, 2.24) is 4.90 Å². The number of thiocarbonyl (C=S) groups is 1. The van der Waals surface area contributed by atoms with Crippen molar-refractivity contribution in [1.29, 1.82) is 0 Å². The Morgan fingerprint density at radius 2 is 2.10 bits per heavy atom. The van der Waals surface area contributed by atoms with E-state index in [4.69, 9.17) is 12.2 Å². The quantitative estimate of drug-likeness (QED) is 0.843. The Morgan fingerprint density at radius 1 is 1.38 bits per heavy atom. The lowest BCUT2D eigenvalue weighted by Gasteiger charge is -2.31. The molecule has 1 aromatic carbocycles. The first-order valence-corrected chi connectivity index (χ1v) is 9.58. The van der Waals surface area contributed by atoms with E-state index in [0.717, 1.165) is 25.1 Å². The first-order chi connectivity index (χ1) is 10.0. The van der Waals surface area contributed by atoms with Gasteiger partial charge in [-0.2, -0.15) is 0 Å². The van der Waals surface area contributed by atoms with Crippen molar-refractivity contribution in [3.63, 3.8) is 0 Å². The van der Waals surface area contributed by atoms with Crippen molar-refractivity contribution in [2.24, 2.45) is 0 Å². The van der Waals surface area contributed by atoms with Crippen LogP contribution in [0.25, 0.3) is 0 Å². The standard InChI is InChI=1S/C15H22N2O2S2/c1-2-3-10-17(14-9-11-21(18,19)12-14)15(20)16-13-7-5-4-6-8-13/h4-8,14H,2-3,9-12H2,1H3,(H,16,20)/t14-/m0/s1. The summed E-state index contributed by atoms with van der Waals surface area (Å²) in [5.41, 5.74) is 0.935. The highest BCUT2D eigenvalue weighted by molar-refractivity contribution is 7.91. The second-order valence-electron chi connectivity index (χ2n) is 5.40. The molecule has 1 aliphatic rings. The molecule has 0 aromatic heterocycles. The zero-order valence-corrected chi connectivity index (χ0v) is 13.9. The third kappa shape index (κ3) is 4.68. The van der Waals surface area contributed by atoms with E-state index in [1.54, 1.807) is 0 Å². The lowest BCUT2D eigenvalue weighted by molar-refractivity contribution is 0.333. The molecule has 1 saturated heterocycles. The van der Waals surface area contributed by atoms with Gasteiger partial charge in [-0.3, -0.25) is 0 Å². The molecule has 4 nitrogen and oxygen atoms in total. The lowest BCUT2D eigenvalue weighted by Crippen LogP contribution is -2.44. The fraction of sp³-hybridized carbons (Fsp3) is 0.533. The van der Waals surface area contributed by atoms with Crippen molar-refractivity contribution < 1.29 is 8.42 Å². The van der Waals surface area contributed by atoms with E-state index in [-0.39, 0.29) is 17.5 Å². The number of para-hydroxylation sites is 1. The van der Waals surface area contributed by atoms with Gasteiger partial charge in [0, 0.05) is 18.3 Å². The summed E-state index contributed by atoms with van der Waals surface area (Å²) in [5.74, 6) is 0.488. The number of hydrogen-bond donors (Lipinski definition) is 1. The molecule has 0 saturated carbocycles. The van der Waals surface area contributed by atoms with Crippen LogP contribution in [0.2, 0.25) is 0 Å². The molecule has 0 bridgehead atoms. The van der Waals surface area contributed by atoms with Crippen molar-refractivity contribution >= 4 is 32.9 Å². The van der Waals surface area contributed by atoms with Crippen LogP contribution in [0.5, 0.6) is 0 Å². The number of hydrogen-bond acceptors (Lipinski definition) is 3. The van der Waals surface area contributed by atoms with Crippen molar-refractivity contribution in [2.45, 2.75) is 32.2 Å². The highest BCUT2D eigenvalue weighted by atomic mass is 32.2. The molecule has 1 aromatic rings. The number of nitrogens with zero attached hydrogens (tertiary/aromatic N) is 1. The number of nitrogens with one attached hydrogen (secondary N) is 1. The lowest BCUT2D eigenvalue weighted by atomic mass is 10.2. The Labute approximate surface area is 132 Å². The Hall–Kier alpha value is -1.14. The van der Waals surface area contributed by atoms with Gasteiger partial charge in [0.15, 0.2) is 14.9 Å². The highest BCUT2D eigenvalue weighted by Gasteiger charge is 2.33. The molecule has 1 heterocycles. The summed E-state index contributed by atoms with van der Waals surface area (Å²) in [5, 5.41) is 3.84. The minimum absolute atomic E-state index is 0.00487. The van der Waals surface area contributed by atoms with E-state index < -0.39 is 9.84 Å². The topological polar surface area (TPSA) is 49.4 Å². The van der Waals surface area contributed by atoms with Crippen molar-refractivity contribution in [2.75, 3.05) is 23.4 Å². The zero-order chi connectivity index (χ0) is 15.3. The first-order valence-electron chi connectivity index (χ1n) is 7.35. The van der Waals surface area contributed by atoms with Crippen LogP contribution in [0.15, 0.2) is 30.3 Å². The summed E-state index contributed by atoms with van der Waals surface area (Å²) in [7, 11) is -2.90. The Bertz CT molecular complexity index is 573. The van der Waals surface area contributed by atoms with Gasteiger partial charge in [0.2, 0.25) is 0 Å². The molecule has 2 rings (SSSR count). The Balaban J connectivity index is 2.06. The van der Waals surface area contributed by atoms with E-state index in [0.29, 0.717) is 11.5 Å². The van der Waals surface area contributed by atoms with Crippen LogP contribution in [0, 0.1) is 0 Å². The summed E-state index contributed by atoms with van der Waals surface area (Å²) in [6, 6.07) is 9.76. The maximum absolute atomic E-state index is 11.7. The minimum atomic E-state index is -2.90. The van der Waals surface area contributed by atoms with Crippen LogP contribution in [-0.2, 0) is 9.84 Å². The minimum Gasteiger partial charge on any atom is -0.345 e. The molecular formula is C15H22N2O2S2. The third-order valence-electron chi connectivity index (χ3n) is 3.69. The average molecular weight is 326 g/mol. The smallest absolute Gasteiger partial charge is 0.173 e. The predicted molar refractivity (Wildman–Crippen MR) is 91.3 cm³/mol. The molecule has 21 heavy (non-hydrogen) atoms. The monoisotopic (exact) mass is 326 g/mol. The van der Waals surface area contributed by atoms with Gasteiger partial charge in [0.05, 0.1) is 11.5 Å². The van der Waals surface area contributed by atoms with Gasteiger partial charge in [-0.15, -0.1) is 0 Å². The van der Waals surface area contributed by atoms with Gasteiger partial charge >= 0.3 is 0 Å². The van der Waals surface area contributed by atoms with Gasteiger partial charge in [0.25, 0.3) is 0 Å². The van der Waals surface area contributed by atoms with Crippen LogP contribution in [0.4, 0.5) is 5.69 Å². The van der Waals surface area contributed by atoms with Crippen LogP contribution < -0.4 is 5.32 Å². The fourth-order valence-corrected chi connectivity index (χ4v) is 4.61. The van der Waals surface area contributed by atoms with Gasteiger partial charge < -0.3 is 10.2 Å². The molecule has 6 heteroatoms. The maximum Gasteiger partial charge on any atom is 0.173 e. The van der Waals surface area contributed by atoms with Crippen LogP contribution in [0.1, 0.15) is 26.2 Å². The van der Waals surface area contributed by atoms with Crippen LogP contribution in [-0.4, -0.2) is 42.5 Å². The average Bonchev–Trinajstić information content (AvgIpc) is 2.80. The van der Waals surface area contributed by atoms with E-state index in [2.05, 4.69) is 17.1 Å². The van der Waals surface area contributed by atoms with E-state index in [1.807, 2.05) is 30.3 Å². The largest absolute Gasteiger partial charge is 0.345 e. The third-order valence-corrected chi connectivity index (χ3v) is 5.77. The van der Waals surface area contributed by atoms with Crippen molar-refractivity contribution in [3.8, 4) is 0 Å². The van der Waals surface area contributed by atoms with Crippen LogP contribution >= 0.6 is 12.2 Å². The molecule has 1 N–H and O–H groups in total. The molecule has 0 spiro atoms. The zero-order valence-electron chi connectivity index (χ0n) is 12.3. The van der Waals surface area contributed by atoms with Gasteiger partial charge in [-0.1, -0.05) is 31.5 Å². The molecule has 1 fully saturated rings. The normalized spacial score (nSPS) is 20.1. The molecule has 0 unspecified atom stereocenters. The van der Waals surface area contributed by atoms with Crippen molar-refractivity contribution in [3.05, 3.63) is 30.3 Å². The second kappa shape index (κ2) is 7.22. The maximum atomic E-state index is 11.7. The highest BCUT2D eigenvalue weighted by Crippen LogP contribution is 2.20. The van der Waals surface area contributed by atoms with E-state index >= 15 is 0 Å². The first kappa shape index (κ1) is 16.2. The molecule has 0 amide bonds. The summed E-state index contributed by atoms with van der Waals surface area (Å²) in [6.07, 6.45) is 2.74. The van der Waals surface area contributed by atoms with E-state index in [1.165, 1.54) is 0 Å². The number of sulfone groups is 1.